The Morgan fingerprint density at radius 3 is 1.74 bits per heavy atom. The van der Waals surface area contributed by atoms with E-state index >= 15 is 0 Å². The van der Waals surface area contributed by atoms with Gasteiger partial charge in [-0.2, -0.15) is 0 Å². The monoisotopic (exact) mass is 453 g/mol. The SMILES string of the molecule is O=[N+]([O-])c1ccccc1-c1cccc2c1Oc1ccccc1C21c2ccccc2-c2ccccc21. The van der Waals surface area contributed by atoms with Crippen LogP contribution < -0.4 is 4.74 Å². The van der Waals surface area contributed by atoms with Crippen molar-refractivity contribution in [3.05, 3.63) is 148 Å². The average molecular weight is 453 g/mol. The Hall–Kier alpha value is -4.70. The van der Waals surface area contributed by atoms with E-state index in [4.69, 9.17) is 4.74 Å². The lowest BCUT2D eigenvalue weighted by Gasteiger charge is -2.40. The largest absolute Gasteiger partial charge is 0.456 e. The van der Waals surface area contributed by atoms with Crippen LogP contribution in [-0.2, 0) is 5.41 Å². The Bertz CT molecular complexity index is 1620. The number of benzene rings is 5. The van der Waals surface area contributed by atoms with Crippen LogP contribution >= 0.6 is 0 Å². The highest BCUT2D eigenvalue weighted by atomic mass is 16.6. The number of hydrogen-bond acceptors (Lipinski definition) is 3. The quantitative estimate of drug-likeness (QED) is 0.199. The number of fused-ring (bicyclic) bond motifs is 9. The second kappa shape index (κ2) is 7.15. The van der Waals surface area contributed by atoms with Crippen molar-refractivity contribution in [1.82, 2.24) is 0 Å². The molecule has 0 aromatic heterocycles. The van der Waals surface area contributed by atoms with Crippen molar-refractivity contribution < 1.29 is 9.66 Å². The van der Waals surface area contributed by atoms with Crippen LogP contribution in [0.5, 0.6) is 11.5 Å². The first kappa shape index (κ1) is 19.7. The maximum atomic E-state index is 11.9. The minimum Gasteiger partial charge on any atom is -0.456 e. The highest BCUT2D eigenvalue weighted by Gasteiger charge is 2.51. The minimum atomic E-state index is -0.586. The highest BCUT2D eigenvalue weighted by Crippen LogP contribution is 2.63. The van der Waals surface area contributed by atoms with Gasteiger partial charge >= 0.3 is 0 Å². The summed E-state index contributed by atoms with van der Waals surface area (Å²) in [6.07, 6.45) is 0. The van der Waals surface area contributed by atoms with Gasteiger partial charge in [-0.25, -0.2) is 0 Å². The zero-order valence-electron chi connectivity index (χ0n) is 18.6. The Labute approximate surface area is 202 Å². The van der Waals surface area contributed by atoms with Crippen LogP contribution in [0, 0.1) is 10.1 Å². The Morgan fingerprint density at radius 1 is 0.543 bits per heavy atom. The highest BCUT2D eigenvalue weighted by molar-refractivity contribution is 5.91. The third-order valence-corrected chi connectivity index (χ3v) is 7.27. The minimum absolute atomic E-state index is 0.0598. The Kier molecular flexibility index (Phi) is 4.03. The van der Waals surface area contributed by atoms with E-state index in [1.54, 1.807) is 18.2 Å². The van der Waals surface area contributed by atoms with E-state index in [2.05, 4.69) is 60.7 Å². The van der Waals surface area contributed by atoms with Gasteiger partial charge in [-0.05, 0) is 34.4 Å². The fourth-order valence-corrected chi connectivity index (χ4v) is 5.95. The summed E-state index contributed by atoms with van der Waals surface area (Å²) in [6, 6.07) is 38.0. The standard InChI is InChI=1S/C31H19NO3/c33-32(34)28-18-7-3-12-22(28)23-13-9-17-27-30(23)35-29-19-8-6-16-26(29)31(27)24-14-4-1-10-20(24)21-11-2-5-15-25(21)31/h1-19H. The Morgan fingerprint density at radius 2 is 1.06 bits per heavy atom. The molecule has 1 aliphatic heterocycles. The molecule has 0 N–H and O–H groups in total. The van der Waals surface area contributed by atoms with Crippen molar-refractivity contribution in [3.63, 3.8) is 0 Å². The summed E-state index contributed by atoms with van der Waals surface area (Å²) in [5, 5.41) is 11.9. The zero-order valence-corrected chi connectivity index (χ0v) is 18.6. The van der Waals surface area contributed by atoms with E-state index < -0.39 is 5.41 Å². The molecule has 0 fully saturated rings. The molecule has 1 aliphatic carbocycles. The second-order valence-corrected chi connectivity index (χ2v) is 8.90. The first-order valence-electron chi connectivity index (χ1n) is 11.6. The van der Waals surface area contributed by atoms with Gasteiger partial charge in [-0.3, -0.25) is 10.1 Å². The summed E-state index contributed by atoms with van der Waals surface area (Å²) in [5.74, 6) is 1.42. The molecule has 0 bridgehead atoms. The molecule has 4 nitrogen and oxygen atoms in total. The number of nitro benzene ring substituents is 1. The van der Waals surface area contributed by atoms with Gasteiger partial charge in [0.25, 0.3) is 5.69 Å². The van der Waals surface area contributed by atoms with Gasteiger partial charge in [0.05, 0.1) is 15.9 Å². The van der Waals surface area contributed by atoms with E-state index in [0.717, 1.165) is 16.9 Å². The normalized spacial score (nSPS) is 13.8. The molecule has 1 spiro atoms. The predicted octanol–water partition coefficient (Wildman–Crippen LogP) is 7.73. The van der Waals surface area contributed by atoms with Gasteiger partial charge in [0.1, 0.15) is 11.5 Å². The molecule has 166 valence electrons. The predicted molar refractivity (Wildman–Crippen MR) is 136 cm³/mol. The van der Waals surface area contributed by atoms with Crippen LogP contribution in [0.15, 0.2) is 115 Å². The fraction of sp³-hybridized carbons (Fsp3) is 0.0323. The third-order valence-electron chi connectivity index (χ3n) is 7.27. The zero-order chi connectivity index (χ0) is 23.6. The lowest BCUT2D eigenvalue weighted by Crippen LogP contribution is -2.32. The fourth-order valence-electron chi connectivity index (χ4n) is 5.95. The van der Waals surface area contributed by atoms with Crippen molar-refractivity contribution in [3.8, 4) is 33.8 Å². The molecule has 5 aromatic carbocycles. The number of nitro groups is 1. The van der Waals surface area contributed by atoms with Crippen molar-refractivity contribution in [2.45, 2.75) is 5.41 Å². The lowest BCUT2D eigenvalue weighted by atomic mass is 9.65. The molecule has 1 heterocycles. The molecule has 0 amide bonds. The molecule has 5 aromatic rings. The van der Waals surface area contributed by atoms with Crippen molar-refractivity contribution >= 4 is 5.69 Å². The van der Waals surface area contributed by atoms with Crippen LogP contribution in [0.25, 0.3) is 22.3 Å². The summed E-state index contributed by atoms with van der Waals surface area (Å²) < 4.78 is 6.59. The van der Waals surface area contributed by atoms with Gasteiger partial charge in [0, 0.05) is 22.8 Å². The van der Waals surface area contributed by atoms with Crippen molar-refractivity contribution in [1.29, 1.82) is 0 Å². The smallest absolute Gasteiger partial charge is 0.277 e. The molecule has 7 rings (SSSR count). The average Bonchev–Trinajstić information content (AvgIpc) is 3.20. The van der Waals surface area contributed by atoms with Gasteiger partial charge in [-0.1, -0.05) is 97.1 Å². The van der Waals surface area contributed by atoms with Gasteiger partial charge in [0.2, 0.25) is 0 Å². The lowest BCUT2D eigenvalue weighted by molar-refractivity contribution is -0.384. The molecule has 0 saturated heterocycles. The van der Waals surface area contributed by atoms with Crippen LogP contribution in [0.1, 0.15) is 22.3 Å². The summed E-state index contributed by atoms with van der Waals surface area (Å²) in [5.41, 5.74) is 7.57. The second-order valence-electron chi connectivity index (χ2n) is 8.90. The number of nitrogens with zero attached hydrogens (tertiary/aromatic N) is 1. The van der Waals surface area contributed by atoms with Crippen LogP contribution in [0.4, 0.5) is 5.69 Å². The molecule has 2 aliphatic rings. The molecule has 4 heteroatoms. The van der Waals surface area contributed by atoms with Crippen molar-refractivity contribution in [2.75, 3.05) is 0 Å². The molecule has 0 saturated carbocycles. The maximum Gasteiger partial charge on any atom is 0.277 e. The van der Waals surface area contributed by atoms with E-state index in [9.17, 15) is 10.1 Å². The Balaban J connectivity index is 1.64. The molecule has 35 heavy (non-hydrogen) atoms. The van der Waals surface area contributed by atoms with Gasteiger partial charge in [-0.15, -0.1) is 0 Å². The number of ether oxygens (including phenoxy) is 1. The number of hydrogen-bond donors (Lipinski definition) is 0. The van der Waals surface area contributed by atoms with Gasteiger partial charge < -0.3 is 4.74 Å². The maximum absolute atomic E-state index is 11.9. The summed E-state index contributed by atoms with van der Waals surface area (Å²) in [7, 11) is 0. The number of para-hydroxylation sites is 3. The topological polar surface area (TPSA) is 52.4 Å². The van der Waals surface area contributed by atoms with E-state index in [0.29, 0.717) is 16.9 Å². The first-order valence-corrected chi connectivity index (χ1v) is 11.6. The molecular weight excluding hydrogens is 434 g/mol. The summed E-state index contributed by atoms with van der Waals surface area (Å²) in [4.78, 5) is 11.6. The van der Waals surface area contributed by atoms with E-state index in [1.807, 2.05) is 36.4 Å². The van der Waals surface area contributed by atoms with Crippen LogP contribution in [-0.4, -0.2) is 4.92 Å². The summed E-state index contributed by atoms with van der Waals surface area (Å²) >= 11 is 0. The van der Waals surface area contributed by atoms with Gasteiger partial charge in [0.15, 0.2) is 0 Å². The van der Waals surface area contributed by atoms with E-state index in [-0.39, 0.29) is 10.6 Å². The van der Waals surface area contributed by atoms with Crippen LogP contribution in [0.2, 0.25) is 0 Å². The van der Waals surface area contributed by atoms with E-state index in [1.165, 1.54) is 22.3 Å². The molecule has 0 unspecified atom stereocenters. The van der Waals surface area contributed by atoms with Crippen LogP contribution in [0.3, 0.4) is 0 Å². The third kappa shape index (κ3) is 2.51. The first-order chi connectivity index (χ1) is 17.2. The van der Waals surface area contributed by atoms with Crippen molar-refractivity contribution in [2.24, 2.45) is 0 Å². The number of rotatable bonds is 2. The molecule has 0 atom stereocenters. The molecular formula is C31H19NO3. The molecule has 0 radical (unpaired) electrons. The summed E-state index contributed by atoms with van der Waals surface area (Å²) in [6.45, 7) is 0.